The molecule has 4 atom stereocenters. The molecule has 2 aliphatic rings. The number of hydrogen-bond acceptors (Lipinski definition) is 3. The van der Waals surface area contributed by atoms with Crippen LogP contribution in [0.3, 0.4) is 0 Å². The van der Waals surface area contributed by atoms with Gasteiger partial charge in [-0.05, 0) is 32.6 Å². The summed E-state index contributed by atoms with van der Waals surface area (Å²) in [6.45, 7) is 5.95. The Morgan fingerprint density at radius 2 is 2.33 bits per heavy atom. The molecule has 0 unspecified atom stereocenters. The van der Waals surface area contributed by atoms with E-state index < -0.39 is 5.60 Å². The lowest BCUT2D eigenvalue weighted by Gasteiger charge is -2.33. The van der Waals surface area contributed by atoms with Crippen molar-refractivity contribution in [1.82, 2.24) is 5.32 Å². The molecule has 4 nitrogen and oxygen atoms in total. The van der Waals surface area contributed by atoms with E-state index in [9.17, 15) is 9.90 Å². The lowest BCUT2D eigenvalue weighted by molar-refractivity contribution is -0.125. The molecule has 0 spiro atoms. The molecule has 2 fully saturated rings. The number of carbonyl (C=O) groups excluding carboxylic acids is 1. The number of hydrogen-bond donors (Lipinski definition) is 2. The van der Waals surface area contributed by atoms with E-state index in [1.165, 1.54) is 6.08 Å². The van der Waals surface area contributed by atoms with Crippen molar-refractivity contribution in [2.75, 3.05) is 6.61 Å². The van der Waals surface area contributed by atoms with Crippen molar-refractivity contribution < 1.29 is 14.6 Å². The molecule has 1 heterocycles. The Bertz CT molecular complexity index is 327. The number of fused-ring (bicyclic) bond motifs is 1. The Morgan fingerprint density at radius 1 is 1.56 bits per heavy atom. The van der Waals surface area contributed by atoms with E-state index >= 15 is 0 Å². The fourth-order valence-electron chi connectivity index (χ4n) is 3.01. The van der Waals surface area contributed by atoms with Crippen LogP contribution in [0.4, 0.5) is 0 Å². The van der Waals surface area contributed by atoms with Gasteiger partial charge in [-0.1, -0.05) is 6.08 Å². The highest BCUT2D eigenvalue weighted by Gasteiger charge is 2.38. The van der Waals surface area contributed by atoms with E-state index in [2.05, 4.69) is 11.9 Å². The van der Waals surface area contributed by atoms with Gasteiger partial charge < -0.3 is 15.2 Å². The van der Waals surface area contributed by atoms with E-state index in [0.29, 0.717) is 12.0 Å². The molecule has 1 aliphatic heterocycles. The minimum atomic E-state index is -1.12. The van der Waals surface area contributed by atoms with Crippen LogP contribution in [0.2, 0.25) is 0 Å². The highest BCUT2D eigenvalue weighted by Crippen LogP contribution is 2.34. The maximum Gasteiger partial charge on any atom is 0.223 e. The zero-order valence-corrected chi connectivity index (χ0v) is 11.0. The van der Waals surface area contributed by atoms with Crippen molar-refractivity contribution in [1.29, 1.82) is 0 Å². The van der Waals surface area contributed by atoms with Crippen LogP contribution in [0.25, 0.3) is 0 Å². The number of rotatable bonds is 4. The van der Waals surface area contributed by atoms with Crippen molar-refractivity contribution in [2.45, 2.75) is 56.8 Å². The molecule has 0 aromatic rings. The van der Waals surface area contributed by atoms with Crippen LogP contribution >= 0.6 is 0 Å². The first-order chi connectivity index (χ1) is 8.52. The van der Waals surface area contributed by atoms with E-state index in [-0.39, 0.29) is 18.4 Å². The van der Waals surface area contributed by atoms with Gasteiger partial charge in [-0.2, -0.15) is 0 Å². The van der Waals surface area contributed by atoms with Crippen LogP contribution in [-0.4, -0.2) is 35.4 Å². The average Bonchev–Trinajstić information content (AvgIpc) is 2.77. The van der Waals surface area contributed by atoms with Crippen LogP contribution in [0.1, 0.15) is 39.0 Å². The first-order valence-corrected chi connectivity index (χ1v) is 6.79. The monoisotopic (exact) mass is 253 g/mol. The quantitative estimate of drug-likeness (QED) is 0.744. The highest BCUT2D eigenvalue weighted by molar-refractivity contribution is 5.77. The van der Waals surface area contributed by atoms with Gasteiger partial charge in [-0.3, -0.25) is 4.79 Å². The lowest BCUT2D eigenvalue weighted by Crippen LogP contribution is -2.47. The van der Waals surface area contributed by atoms with Gasteiger partial charge in [0.15, 0.2) is 0 Å². The average molecular weight is 253 g/mol. The Balaban J connectivity index is 1.88. The molecule has 102 valence electrons. The standard InChI is InChI=1S/C14H23NO3/c1-3-14(2,17)9-13(16)15-11-5-4-6-12-10(11)7-8-18-12/h3,10-12,17H,1,4-9H2,2H3,(H,15,16)/t10-,11-,12-,14+/m1/s1. The molecule has 1 aliphatic carbocycles. The summed E-state index contributed by atoms with van der Waals surface area (Å²) in [5, 5.41) is 12.9. The fourth-order valence-corrected chi connectivity index (χ4v) is 3.01. The van der Waals surface area contributed by atoms with Gasteiger partial charge in [-0.15, -0.1) is 6.58 Å². The molecule has 1 saturated heterocycles. The number of ether oxygens (including phenoxy) is 1. The molecular weight excluding hydrogens is 230 g/mol. The molecule has 18 heavy (non-hydrogen) atoms. The summed E-state index contributed by atoms with van der Waals surface area (Å²) in [6.07, 6.45) is 6.08. The summed E-state index contributed by atoms with van der Waals surface area (Å²) in [5.41, 5.74) is -1.12. The largest absolute Gasteiger partial charge is 0.386 e. The molecule has 1 saturated carbocycles. The number of carbonyl (C=O) groups is 1. The Labute approximate surface area is 108 Å². The normalized spacial score (nSPS) is 34.4. The second-order valence-electron chi connectivity index (χ2n) is 5.70. The van der Waals surface area contributed by atoms with Gasteiger partial charge in [0.1, 0.15) is 0 Å². The summed E-state index contributed by atoms with van der Waals surface area (Å²) in [4.78, 5) is 11.9. The molecule has 0 aromatic heterocycles. The molecule has 0 aromatic carbocycles. The zero-order chi connectivity index (χ0) is 13.2. The van der Waals surface area contributed by atoms with Crippen LogP contribution in [-0.2, 0) is 9.53 Å². The fraction of sp³-hybridized carbons (Fsp3) is 0.786. The first-order valence-electron chi connectivity index (χ1n) is 6.79. The number of nitrogens with one attached hydrogen (secondary N) is 1. The second-order valence-corrected chi connectivity index (χ2v) is 5.70. The van der Waals surface area contributed by atoms with Crippen molar-refractivity contribution in [3.63, 3.8) is 0 Å². The predicted octanol–water partition coefficient (Wildman–Crippen LogP) is 1.39. The van der Waals surface area contributed by atoms with Gasteiger partial charge >= 0.3 is 0 Å². The van der Waals surface area contributed by atoms with Crippen LogP contribution in [0, 0.1) is 5.92 Å². The molecular formula is C14H23NO3. The van der Waals surface area contributed by atoms with Crippen LogP contribution < -0.4 is 5.32 Å². The molecule has 4 heteroatoms. The molecule has 0 bridgehead atoms. The van der Waals surface area contributed by atoms with E-state index in [0.717, 1.165) is 32.3 Å². The zero-order valence-electron chi connectivity index (χ0n) is 11.0. The molecule has 0 radical (unpaired) electrons. The van der Waals surface area contributed by atoms with Crippen molar-refractivity contribution in [3.8, 4) is 0 Å². The maximum atomic E-state index is 11.9. The van der Waals surface area contributed by atoms with Crippen molar-refractivity contribution in [3.05, 3.63) is 12.7 Å². The third kappa shape index (κ3) is 3.12. The van der Waals surface area contributed by atoms with Crippen LogP contribution in [0.15, 0.2) is 12.7 Å². The van der Waals surface area contributed by atoms with Crippen molar-refractivity contribution in [2.24, 2.45) is 5.92 Å². The van der Waals surface area contributed by atoms with E-state index in [1.54, 1.807) is 6.92 Å². The van der Waals surface area contributed by atoms with E-state index in [1.807, 2.05) is 0 Å². The molecule has 2 rings (SSSR count). The summed E-state index contributed by atoms with van der Waals surface area (Å²) >= 11 is 0. The maximum absolute atomic E-state index is 11.9. The Hall–Kier alpha value is -0.870. The topological polar surface area (TPSA) is 58.6 Å². The third-order valence-electron chi connectivity index (χ3n) is 4.09. The first kappa shape index (κ1) is 13.6. The predicted molar refractivity (Wildman–Crippen MR) is 69.1 cm³/mol. The summed E-state index contributed by atoms with van der Waals surface area (Å²) in [5.74, 6) is 0.355. The minimum Gasteiger partial charge on any atom is -0.386 e. The lowest BCUT2D eigenvalue weighted by atomic mass is 9.81. The summed E-state index contributed by atoms with van der Waals surface area (Å²) in [6, 6.07) is 0.208. The van der Waals surface area contributed by atoms with Gasteiger partial charge in [0.2, 0.25) is 5.91 Å². The van der Waals surface area contributed by atoms with Gasteiger partial charge in [0.05, 0.1) is 18.1 Å². The number of amides is 1. The van der Waals surface area contributed by atoms with Crippen molar-refractivity contribution >= 4 is 5.91 Å². The SMILES string of the molecule is C=C[C@](C)(O)CC(=O)N[C@@H]1CCC[C@H]2OCC[C@H]12. The third-order valence-corrected chi connectivity index (χ3v) is 4.09. The highest BCUT2D eigenvalue weighted by atomic mass is 16.5. The molecule has 1 amide bonds. The van der Waals surface area contributed by atoms with Gasteiger partial charge in [0.25, 0.3) is 0 Å². The summed E-state index contributed by atoms with van der Waals surface area (Å²) in [7, 11) is 0. The summed E-state index contributed by atoms with van der Waals surface area (Å²) < 4.78 is 5.67. The minimum absolute atomic E-state index is 0.0746. The van der Waals surface area contributed by atoms with Gasteiger partial charge in [0, 0.05) is 18.6 Å². The Kier molecular flexibility index (Phi) is 4.07. The Morgan fingerprint density at radius 3 is 3.06 bits per heavy atom. The van der Waals surface area contributed by atoms with E-state index in [4.69, 9.17) is 4.74 Å². The molecule has 2 N–H and O–H groups in total. The smallest absolute Gasteiger partial charge is 0.223 e. The number of aliphatic hydroxyl groups is 1. The van der Waals surface area contributed by atoms with Crippen LogP contribution in [0.5, 0.6) is 0 Å². The second kappa shape index (κ2) is 5.41. The van der Waals surface area contributed by atoms with Gasteiger partial charge in [-0.25, -0.2) is 0 Å².